The van der Waals surface area contributed by atoms with E-state index in [1.54, 1.807) is 43.6 Å². The number of hydrogen-bond donors (Lipinski definition) is 1. The molecule has 3 atom stereocenters. The Balaban J connectivity index is 1.13. The van der Waals surface area contributed by atoms with Crippen LogP contribution in [0.2, 0.25) is 0 Å². The average Bonchev–Trinajstić information content (AvgIpc) is 3.60. The number of nitrogens with one attached hydrogen (secondary N) is 1. The first-order valence-corrected chi connectivity index (χ1v) is 15.0. The number of carbonyl (C=O) groups is 2. The van der Waals surface area contributed by atoms with Gasteiger partial charge in [-0.25, -0.2) is 19.9 Å². The Labute approximate surface area is 265 Å². The number of hydrogen-bond acceptors (Lipinski definition) is 9. The summed E-state index contributed by atoms with van der Waals surface area (Å²) in [5, 5.41) is 6.27. The number of anilines is 1. The standard InChI is InChI=1S/C32H28F3N9O3/c1-17-39-30(47-42-17)22-15-23(22)31(46)43-12-3-4-20(16-43)28-41-25(26-27(36-2)38-11-13-44(26)28)18-5-7-19(8-6-18)29(45)40-24-14-21(9-10-37-24)32(33,34)35/h5-11,13-14,20,22-23H,2-4,12,15-16H2,1H3,(H,37,40,45)/t20-,22?,23+/m1/s1. The van der Waals surface area contributed by atoms with Crippen molar-refractivity contribution in [3.63, 3.8) is 0 Å². The van der Waals surface area contributed by atoms with E-state index in [0.29, 0.717) is 53.8 Å². The van der Waals surface area contributed by atoms with Gasteiger partial charge in [0.15, 0.2) is 11.6 Å². The summed E-state index contributed by atoms with van der Waals surface area (Å²) in [5.74, 6) is 1.11. The number of halogens is 3. The maximum atomic E-state index is 13.5. The minimum absolute atomic E-state index is 0.0541. The Morgan fingerprint density at radius 3 is 2.64 bits per heavy atom. The van der Waals surface area contributed by atoms with Crippen molar-refractivity contribution >= 4 is 35.7 Å². The molecule has 12 nitrogen and oxygen atoms in total. The van der Waals surface area contributed by atoms with Crippen LogP contribution in [-0.4, -0.2) is 66.0 Å². The third-order valence-electron chi connectivity index (χ3n) is 8.53. The van der Waals surface area contributed by atoms with Crippen LogP contribution >= 0.6 is 0 Å². The number of aromatic nitrogens is 6. The molecule has 5 aromatic rings. The van der Waals surface area contributed by atoms with Crippen LogP contribution < -0.4 is 5.32 Å². The highest BCUT2D eigenvalue weighted by molar-refractivity contribution is 6.04. The Kier molecular flexibility index (Phi) is 7.53. The first kappa shape index (κ1) is 30.2. The number of nitrogens with zero attached hydrogens (tertiary/aromatic N) is 8. The number of rotatable bonds is 7. The normalized spacial score (nSPS) is 19.5. The molecule has 1 aliphatic heterocycles. The Hall–Kier alpha value is -5.47. The molecule has 0 radical (unpaired) electrons. The van der Waals surface area contributed by atoms with Crippen molar-refractivity contribution in [1.29, 1.82) is 0 Å². The van der Waals surface area contributed by atoms with E-state index in [4.69, 9.17) is 9.51 Å². The number of fused-ring (bicyclic) bond motifs is 1. The second kappa shape index (κ2) is 11.7. The number of carbonyl (C=O) groups excluding carboxylic acids is 2. The maximum absolute atomic E-state index is 13.5. The molecule has 1 saturated carbocycles. The molecule has 1 saturated heterocycles. The molecular weight excluding hydrogens is 615 g/mol. The van der Waals surface area contributed by atoms with E-state index in [2.05, 4.69) is 37.1 Å². The van der Waals surface area contributed by atoms with Crippen LogP contribution in [0.4, 0.5) is 24.8 Å². The van der Waals surface area contributed by atoms with E-state index in [9.17, 15) is 22.8 Å². The van der Waals surface area contributed by atoms with Gasteiger partial charge in [-0.15, -0.1) is 0 Å². The molecule has 1 aliphatic carbocycles. The van der Waals surface area contributed by atoms with Crippen LogP contribution in [0.1, 0.15) is 64.6 Å². The minimum atomic E-state index is -4.56. The number of amides is 2. The number of alkyl halides is 3. The Bertz CT molecular complexity index is 2000. The molecule has 2 fully saturated rings. The molecule has 15 heteroatoms. The van der Waals surface area contributed by atoms with E-state index in [-0.39, 0.29) is 35.0 Å². The van der Waals surface area contributed by atoms with E-state index in [0.717, 1.165) is 37.0 Å². The van der Waals surface area contributed by atoms with Gasteiger partial charge in [0.05, 0.1) is 17.4 Å². The first-order chi connectivity index (χ1) is 22.6. The van der Waals surface area contributed by atoms with E-state index >= 15 is 0 Å². The van der Waals surface area contributed by atoms with Gasteiger partial charge in [-0.05, 0) is 57.2 Å². The fourth-order valence-corrected chi connectivity index (χ4v) is 6.12. The Morgan fingerprint density at radius 2 is 1.91 bits per heavy atom. The molecule has 240 valence electrons. The molecule has 1 N–H and O–H groups in total. The summed E-state index contributed by atoms with van der Waals surface area (Å²) in [6.07, 6.45) is 2.15. The largest absolute Gasteiger partial charge is 0.416 e. The third-order valence-corrected chi connectivity index (χ3v) is 8.53. The molecule has 47 heavy (non-hydrogen) atoms. The van der Waals surface area contributed by atoms with Crippen LogP contribution in [0, 0.1) is 12.8 Å². The van der Waals surface area contributed by atoms with Gasteiger partial charge in [0.25, 0.3) is 5.91 Å². The molecule has 7 rings (SSSR count). The van der Waals surface area contributed by atoms with Gasteiger partial charge in [0.2, 0.25) is 11.8 Å². The predicted molar refractivity (Wildman–Crippen MR) is 163 cm³/mol. The van der Waals surface area contributed by atoms with Crippen LogP contribution in [0.15, 0.2) is 64.5 Å². The summed E-state index contributed by atoms with van der Waals surface area (Å²) < 4.78 is 46.5. The lowest BCUT2D eigenvalue weighted by Gasteiger charge is -2.32. The molecule has 1 unspecified atom stereocenters. The molecule has 5 heterocycles. The van der Waals surface area contributed by atoms with Gasteiger partial charge in [-0.3, -0.25) is 14.0 Å². The van der Waals surface area contributed by atoms with Crippen molar-refractivity contribution in [2.24, 2.45) is 10.9 Å². The van der Waals surface area contributed by atoms with E-state index in [1.165, 1.54) is 0 Å². The van der Waals surface area contributed by atoms with Crippen molar-refractivity contribution in [3.05, 3.63) is 83.7 Å². The van der Waals surface area contributed by atoms with Gasteiger partial charge in [-0.1, -0.05) is 17.3 Å². The summed E-state index contributed by atoms with van der Waals surface area (Å²) in [7, 11) is 0. The molecule has 0 spiro atoms. The number of pyridine rings is 1. The second-order valence-electron chi connectivity index (χ2n) is 11.7. The molecule has 2 amide bonds. The summed E-state index contributed by atoms with van der Waals surface area (Å²) >= 11 is 0. The number of aryl methyl sites for hydroxylation is 1. The van der Waals surface area contributed by atoms with Gasteiger partial charge >= 0.3 is 6.18 Å². The molecule has 2 aliphatic rings. The second-order valence-corrected chi connectivity index (χ2v) is 11.7. The summed E-state index contributed by atoms with van der Waals surface area (Å²) in [6.45, 7) is 6.57. The highest BCUT2D eigenvalue weighted by Crippen LogP contribution is 2.48. The van der Waals surface area contributed by atoms with Crippen LogP contribution in [-0.2, 0) is 11.0 Å². The third kappa shape index (κ3) is 5.84. The SMILES string of the molecule is C=Nc1nccn2c([C@@H]3CCCN(C(=O)[C@H]4CC4c4nc(C)no4)C3)nc(-c3ccc(C(=O)Nc4cc(C(F)(F)F)ccn4)cc3)c12. The van der Waals surface area contributed by atoms with Crippen molar-refractivity contribution in [3.8, 4) is 11.3 Å². The Morgan fingerprint density at radius 1 is 1.11 bits per heavy atom. The molecule has 4 aromatic heterocycles. The highest BCUT2D eigenvalue weighted by Gasteiger charge is 2.50. The van der Waals surface area contributed by atoms with Gasteiger partial charge < -0.3 is 14.7 Å². The first-order valence-electron chi connectivity index (χ1n) is 15.0. The predicted octanol–water partition coefficient (Wildman–Crippen LogP) is 5.60. The van der Waals surface area contributed by atoms with Crippen molar-refractivity contribution in [2.45, 2.75) is 44.2 Å². The lowest BCUT2D eigenvalue weighted by atomic mass is 9.96. The van der Waals surface area contributed by atoms with E-state index in [1.807, 2.05) is 9.30 Å². The number of piperidine rings is 1. The molecule has 1 aromatic carbocycles. The molecule has 0 bridgehead atoms. The van der Waals surface area contributed by atoms with Crippen LogP contribution in [0.5, 0.6) is 0 Å². The van der Waals surface area contributed by atoms with Crippen LogP contribution in [0.25, 0.3) is 16.8 Å². The number of aliphatic imine (C=N–C) groups is 1. The maximum Gasteiger partial charge on any atom is 0.416 e. The van der Waals surface area contributed by atoms with Crippen molar-refractivity contribution < 1.29 is 27.3 Å². The zero-order valence-corrected chi connectivity index (χ0v) is 25.1. The van der Waals surface area contributed by atoms with E-state index < -0.39 is 17.6 Å². The smallest absolute Gasteiger partial charge is 0.342 e. The topological polar surface area (TPSA) is 144 Å². The summed E-state index contributed by atoms with van der Waals surface area (Å²) in [5.41, 5.74) is 1.16. The molecular formula is C32H28F3N9O3. The van der Waals surface area contributed by atoms with Crippen LogP contribution in [0.3, 0.4) is 0 Å². The fourth-order valence-electron chi connectivity index (χ4n) is 6.12. The van der Waals surface area contributed by atoms with Crippen molar-refractivity contribution in [2.75, 3.05) is 18.4 Å². The zero-order valence-electron chi connectivity index (χ0n) is 25.1. The van der Waals surface area contributed by atoms with Gasteiger partial charge in [0, 0.05) is 48.7 Å². The van der Waals surface area contributed by atoms with Gasteiger partial charge in [-0.2, -0.15) is 18.2 Å². The zero-order chi connectivity index (χ0) is 32.9. The quantitative estimate of drug-likeness (QED) is 0.226. The average molecular weight is 644 g/mol. The number of benzene rings is 1. The highest BCUT2D eigenvalue weighted by atomic mass is 19.4. The minimum Gasteiger partial charge on any atom is -0.342 e. The number of likely N-dealkylation sites (tertiary alicyclic amines) is 1. The summed E-state index contributed by atoms with van der Waals surface area (Å²) in [4.78, 5) is 49.9. The monoisotopic (exact) mass is 643 g/mol. The number of imidazole rings is 1. The van der Waals surface area contributed by atoms with Gasteiger partial charge in [0.1, 0.15) is 22.9 Å². The van der Waals surface area contributed by atoms with Crippen molar-refractivity contribution in [1.82, 2.24) is 34.4 Å². The summed E-state index contributed by atoms with van der Waals surface area (Å²) in [6, 6.07) is 8.11. The lowest BCUT2D eigenvalue weighted by molar-refractivity contribution is -0.137. The fraction of sp³-hybridized carbons (Fsp3) is 0.312. The lowest BCUT2D eigenvalue weighted by Crippen LogP contribution is -2.40.